The van der Waals surface area contributed by atoms with E-state index in [1.54, 1.807) is 12.1 Å². The third kappa shape index (κ3) is 1.25. The van der Waals surface area contributed by atoms with Crippen molar-refractivity contribution in [3.63, 3.8) is 0 Å². The number of carbonyl (C=O) groups excluding carboxylic acids is 1. The van der Waals surface area contributed by atoms with Crippen LogP contribution in [-0.2, 0) is 17.6 Å². The van der Waals surface area contributed by atoms with Crippen molar-refractivity contribution in [2.45, 2.75) is 19.8 Å². The van der Waals surface area contributed by atoms with Crippen molar-refractivity contribution < 1.29 is 9.53 Å². The molecule has 14 heavy (non-hydrogen) atoms. The van der Waals surface area contributed by atoms with Crippen LogP contribution in [0.2, 0.25) is 0 Å². The van der Waals surface area contributed by atoms with E-state index in [9.17, 15) is 4.79 Å². The van der Waals surface area contributed by atoms with Crippen LogP contribution in [0, 0.1) is 0 Å². The molecule has 0 radical (unpaired) electrons. The number of nitrogen functional groups attached to an aromatic ring is 1. The molecule has 1 aromatic carbocycles. The Morgan fingerprint density at radius 2 is 2.14 bits per heavy atom. The highest BCUT2D eigenvalue weighted by Gasteiger charge is 2.23. The van der Waals surface area contributed by atoms with Gasteiger partial charge < -0.3 is 10.5 Å². The Morgan fingerprint density at radius 1 is 1.43 bits per heavy atom. The lowest BCUT2D eigenvalue weighted by atomic mass is 9.83. The Balaban J connectivity index is 2.36. The molecule has 0 aliphatic heterocycles. The molecule has 0 amide bonds. The number of hydrogen-bond acceptors (Lipinski definition) is 3. The number of hydrogen-bond donors (Lipinski definition) is 1. The van der Waals surface area contributed by atoms with Crippen molar-refractivity contribution >= 4 is 11.7 Å². The van der Waals surface area contributed by atoms with Gasteiger partial charge in [0.25, 0.3) is 0 Å². The Bertz CT molecular complexity index is 385. The van der Waals surface area contributed by atoms with E-state index in [1.807, 2.05) is 6.92 Å². The Hall–Kier alpha value is -1.51. The average Bonchev–Trinajstić information content (AvgIpc) is 2.08. The average molecular weight is 191 g/mol. The molecule has 1 aliphatic rings. The highest BCUT2D eigenvalue weighted by Crippen LogP contribution is 2.31. The summed E-state index contributed by atoms with van der Waals surface area (Å²) in [4.78, 5) is 11.5. The quantitative estimate of drug-likeness (QED) is 0.570. The molecule has 0 aromatic heterocycles. The molecule has 0 saturated heterocycles. The fourth-order valence-electron chi connectivity index (χ4n) is 1.77. The van der Waals surface area contributed by atoms with Crippen LogP contribution in [0.3, 0.4) is 0 Å². The normalized spacial score (nSPS) is 12.9. The van der Waals surface area contributed by atoms with Crippen LogP contribution in [0.1, 0.15) is 28.4 Å². The third-order valence-corrected chi connectivity index (χ3v) is 2.59. The van der Waals surface area contributed by atoms with Crippen molar-refractivity contribution in [3.8, 4) is 0 Å². The van der Waals surface area contributed by atoms with E-state index in [1.165, 1.54) is 0 Å². The Labute approximate surface area is 82.9 Å². The maximum Gasteiger partial charge on any atom is 0.338 e. The molecule has 0 atom stereocenters. The first-order valence-electron chi connectivity index (χ1n) is 4.81. The van der Waals surface area contributed by atoms with E-state index >= 15 is 0 Å². The molecule has 0 saturated carbocycles. The lowest BCUT2D eigenvalue weighted by Crippen LogP contribution is -2.18. The highest BCUT2D eigenvalue weighted by atomic mass is 16.5. The van der Waals surface area contributed by atoms with Gasteiger partial charge in [-0.15, -0.1) is 0 Å². The summed E-state index contributed by atoms with van der Waals surface area (Å²) in [6.45, 7) is 2.22. The minimum atomic E-state index is -0.233. The Morgan fingerprint density at radius 3 is 2.71 bits per heavy atom. The van der Waals surface area contributed by atoms with Gasteiger partial charge in [0, 0.05) is 5.69 Å². The van der Waals surface area contributed by atoms with Crippen molar-refractivity contribution in [2.75, 3.05) is 12.3 Å². The van der Waals surface area contributed by atoms with Crippen molar-refractivity contribution in [1.82, 2.24) is 0 Å². The van der Waals surface area contributed by atoms with E-state index in [2.05, 4.69) is 0 Å². The SMILES string of the molecule is CCOC(=O)c1ccc(N)c2c1CC2. The van der Waals surface area contributed by atoms with Crippen molar-refractivity contribution in [2.24, 2.45) is 0 Å². The summed E-state index contributed by atoms with van der Waals surface area (Å²) in [5.41, 5.74) is 9.43. The summed E-state index contributed by atoms with van der Waals surface area (Å²) < 4.78 is 4.96. The fraction of sp³-hybridized carbons (Fsp3) is 0.364. The summed E-state index contributed by atoms with van der Waals surface area (Å²) in [5.74, 6) is -0.233. The molecular formula is C11H13NO2. The standard InChI is InChI=1S/C11H13NO2/c1-2-14-11(13)9-5-6-10(12)8-4-3-7(8)9/h5-6H,2-4,12H2,1H3. The predicted octanol–water partition coefficient (Wildman–Crippen LogP) is 1.54. The number of ether oxygens (including phenoxy) is 1. The summed E-state index contributed by atoms with van der Waals surface area (Å²) in [6, 6.07) is 3.54. The lowest BCUT2D eigenvalue weighted by Gasteiger charge is -2.23. The van der Waals surface area contributed by atoms with Gasteiger partial charge in [0.05, 0.1) is 12.2 Å². The number of benzene rings is 1. The molecule has 0 bridgehead atoms. The fourth-order valence-corrected chi connectivity index (χ4v) is 1.77. The Kier molecular flexibility index (Phi) is 2.15. The first-order valence-corrected chi connectivity index (χ1v) is 4.81. The molecule has 0 fully saturated rings. The summed E-state index contributed by atoms with van der Waals surface area (Å²) in [6.07, 6.45) is 1.92. The number of fused-ring (bicyclic) bond motifs is 1. The molecule has 3 heteroatoms. The first kappa shape index (κ1) is 9.06. The van der Waals surface area contributed by atoms with Crippen LogP contribution >= 0.6 is 0 Å². The molecule has 0 unspecified atom stereocenters. The van der Waals surface area contributed by atoms with E-state index < -0.39 is 0 Å². The van der Waals surface area contributed by atoms with Crippen molar-refractivity contribution in [1.29, 1.82) is 0 Å². The minimum Gasteiger partial charge on any atom is -0.462 e. The number of anilines is 1. The molecule has 2 N–H and O–H groups in total. The van der Waals surface area contributed by atoms with Crippen LogP contribution < -0.4 is 5.73 Å². The zero-order valence-corrected chi connectivity index (χ0v) is 8.17. The van der Waals surface area contributed by atoms with Gasteiger partial charge in [-0.1, -0.05) is 0 Å². The predicted molar refractivity (Wildman–Crippen MR) is 54.2 cm³/mol. The van der Waals surface area contributed by atoms with Crippen molar-refractivity contribution in [3.05, 3.63) is 28.8 Å². The van der Waals surface area contributed by atoms with Crippen LogP contribution in [-0.4, -0.2) is 12.6 Å². The van der Waals surface area contributed by atoms with Gasteiger partial charge in [-0.3, -0.25) is 0 Å². The van der Waals surface area contributed by atoms with Crippen LogP contribution in [0.4, 0.5) is 5.69 Å². The van der Waals surface area contributed by atoms with Gasteiger partial charge in [0.15, 0.2) is 0 Å². The number of nitrogens with two attached hydrogens (primary N) is 1. The largest absolute Gasteiger partial charge is 0.462 e. The summed E-state index contributed by atoms with van der Waals surface area (Å²) in [5, 5.41) is 0. The molecule has 1 aromatic rings. The monoisotopic (exact) mass is 191 g/mol. The second-order valence-corrected chi connectivity index (χ2v) is 3.38. The number of esters is 1. The maximum absolute atomic E-state index is 11.5. The molecular weight excluding hydrogens is 178 g/mol. The smallest absolute Gasteiger partial charge is 0.338 e. The van der Waals surface area contributed by atoms with E-state index in [0.717, 1.165) is 29.7 Å². The molecule has 3 nitrogen and oxygen atoms in total. The summed E-state index contributed by atoms with van der Waals surface area (Å²) in [7, 11) is 0. The van der Waals surface area contributed by atoms with Gasteiger partial charge in [0.1, 0.15) is 0 Å². The maximum atomic E-state index is 11.5. The van der Waals surface area contributed by atoms with E-state index in [-0.39, 0.29) is 5.97 Å². The van der Waals surface area contributed by atoms with Gasteiger partial charge in [-0.05, 0) is 43.0 Å². The van der Waals surface area contributed by atoms with Crippen LogP contribution in [0.15, 0.2) is 12.1 Å². The lowest BCUT2D eigenvalue weighted by molar-refractivity contribution is 0.0524. The third-order valence-electron chi connectivity index (χ3n) is 2.59. The number of carbonyl (C=O) groups is 1. The van der Waals surface area contributed by atoms with E-state index in [4.69, 9.17) is 10.5 Å². The molecule has 2 rings (SSSR count). The van der Waals surface area contributed by atoms with Gasteiger partial charge in [-0.25, -0.2) is 4.79 Å². The second kappa shape index (κ2) is 3.33. The highest BCUT2D eigenvalue weighted by molar-refractivity contribution is 5.93. The first-order chi connectivity index (χ1) is 6.74. The second-order valence-electron chi connectivity index (χ2n) is 3.38. The number of rotatable bonds is 2. The van der Waals surface area contributed by atoms with Gasteiger partial charge >= 0.3 is 5.97 Å². The molecule has 74 valence electrons. The molecule has 0 heterocycles. The molecule has 0 spiro atoms. The summed E-state index contributed by atoms with van der Waals surface area (Å²) >= 11 is 0. The van der Waals surface area contributed by atoms with Gasteiger partial charge in [-0.2, -0.15) is 0 Å². The molecule has 1 aliphatic carbocycles. The zero-order chi connectivity index (χ0) is 10.1. The van der Waals surface area contributed by atoms with Crippen LogP contribution in [0.5, 0.6) is 0 Å². The minimum absolute atomic E-state index is 0.233. The van der Waals surface area contributed by atoms with Crippen LogP contribution in [0.25, 0.3) is 0 Å². The van der Waals surface area contributed by atoms with E-state index in [0.29, 0.717) is 12.2 Å². The van der Waals surface area contributed by atoms with Gasteiger partial charge in [0.2, 0.25) is 0 Å². The zero-order valence-electron chi connectivity index (χ0n) is 8.17. The topological polar surface area (TPSA) is 52.3 Å².